The second kappa shape index (κ2) is 10.8. The van der Waals surface area contributed by atoms with Gasteiger partial charge in [0.25, 0.3) is 0 Å². The number of halogens is 4. The number of aromatic nitrogens is 4. The van der Waals surface area contributed by atoms with Gasteiger partial charge in [-0.2, -0.15) is 13.2 Å². The van der Waals surface area contributed by atoms with Gasteiger partial charge in [0, 0.05) is 50.7 Å². The summed E-state index contributed by atoms with van der Waals surface area (Å²) in [7, 11) is -3.30. The van der Waals surface area contributed by atoms with Crippen molar-refractivity contribution in [2.45, 2.75) is 50.2 Å². The van der Waals surface area contributed by atoms with E-state index >= 15 is 0 Å². The van der Waals surface area contributed by atoms with Crippen molar-refractivity contribution in [2.75, 3.05) is 37.8 Å². The van der Waals surface area contributed by atoms with E-state index < -0.39 is 21.8 Å². The Morgan fingerprint density at radius 1 is 1.20 bits per heavy atom. The van der Waals surface area contributed by atoms with Gasteiger partial charge >= 0.3 is 6.18 Å². The Morgan fingerprint density at radius 3 is 2.61 bits per heavy atom. The molecule has 3 saturated heterocycles. The first-order valence-electron chi connectivity index (χ1n) is 13.3. The molecule has 15 heteroatoms. The van der Waals surface area contributed by atoms with E-state index in [2.05, 4.69) is 25.2 Å². The number of piperidine rings is 1. The lowest BCUT2D eigenvalue weighted by molar-refractivity contribution is -0.137. The number of nitrogens with one attached hydrogen (secondary N) is 1. The summed E-state index contributed by atoms with van der Waals surface area (Å²) in [4.78, 5) is 14.7. The molecule has 5 heterocycles. The van der Waals surface area contributed by atoms with Crippen LogP contribution in [0.15, 0.2) is 36.9 Å². The summed E-state index contributed by atoms with van der Waals surface area (Å²) >= 11 is 6.61. The van der Waals surface area contributed by atoms with Crippen LogP contribution < -0.4 is 5.32 Å². The van der Waals surface area contributed by atoms with Crippen molar-refractivity contribution in [1.82, 2.24) is 28.7 Å². The number of sulfonamides is 1. The third-order valence-electron chi connectivity index (χ3n) is 7.87. The highest BCUT2D eigenvalue weighted by Gasteiger charge is 2.39. The molecule has 6 rings (SSSR count). The van der Waals surface area contributed by atoms with Gasteiger partial charge in [-0.25, -0.2) is 27.7 Å². The highest BCUT2D eigenvalue weighted by molar-refractivity contribution is 7.88. The number of benzene rings is 1. The summed E-state index contributed by atoms with van der Waals surface area (Å²) in [5.41, 5.74) is 0.272. The predicted molar refractivity (Wildman–Crippen MR) is 146 cm³/mol. The maximum atomic E-state index is 13.9. The molecule has 2 unspecified atom stereocenters. The van der Waals surface area contributed by atoms with Crippen LogP contribution in [0.5, 0.6) is 0 Å². The van der Waals surface area contributed by atoms with Gasteiger partial charge in [-0.05, 0) is 37.0 Å². The van der Waals surface area contributed by atoms with E-state index in [0.717, 1.165) is 44.1 Å². The summed E-state index contributed by atoms with van der Waals surface area (Å²) in [5.74, 6) is 0.0174. The Morgan fingerprint density at radius 2 is 1.98 bits per heavy atom. The van der Waals surface area contributed by atoms with Crippen LogP contribution in [-0.4, -0.2) is 87.8 Å². The number of anilines is 1. The zero-order chi connectivity index (χ0) is 28.9. The minimum Gasteiger partial charge on any atom is -0.375 e. The van der Waals surface area contributed by atoms with Gasteiger partial charge in [-0.1, -0.05) is 17.7 Å². The van der Waals surface area contributed by atoms with Crippen molar-refractivity contribution in [3.8, 4) is 17.1 Å². The van der Waals surface area contributed by atoms with E-state index in [0.29, 0.717) is 48.8 Å². The molecule has 2 bridgehead atoms. The van der Waals surface area contributed by atoms with E-state index in [1.165, 1.54) is 16.8 Å². The number of fused-ring (bicyclic) bond motifs is 2. The number of ether oxygens (including phenoxy) is 1. The van der Waals surface area contributed by atoms with Crippen LogP contribution in [0.3, 0.4) is 0 Å². The second-order valence-corrected chi connectivity index (χ2v) is 13.2. The van der Waals surface area contributed by atoms with Crippen molar-refractivity contribution in [3.05, 3.63) is 53.1 Å². The van der Waals surface area contributed by atoms with E-state index in [1.54, 1.807) is 4.57 Å². The molecule has 3 aliphatic rings. The van der Waals surface area contributed by atoms with Gasteiger partial charge in [0.2, 0.25) is 16.0 Å². The first kappa shape index (κ1) is 28.3. The maximum absolute atomic E-state index is 13.9. The monoisotopic (exact) mass is 611 g/mol. The van der Waals surface area contributed by atoms with Crippen molar-refractivity contribution in [2.24, 2.45) is 0 Å². The summed E-state index contributed by atoms with van der Waals surface area (Å²) in [6, 6.07) is 5.89. The molecule has 0 spiro atoms. The van der Waals surface area contributed by atoms with Gasteiger partial charge in [-0.15, -0.1) is 0 Å². The Hall–Kier alpha value is -2.78. The molecule has 3 aliphatic heterocycles. The molecule has 2 atom stereocenters. The number of nitrogens with zero attached hydrogens (tertiary/aromatic N) is 6. The van der Waals surface area contributed by atoms with E-state index in [-0.39, 0.29) is 23.4 Å². The van der Waals surface area contributed by atoms with Crippen LogP contribution in [0.25, 0.3) is 17.1 Å². The van der Waals surface area contributed by atoms with Crippen LogP contribution in [-0.2, 0) is 27.5 Å². The van der Waals surface area contributed by atoms with Gasteiger partial charge in [-0.3, -0.25) is 4.90 Å². The summed E-state index contributed by atoms with van der Waals surface area (Å²) in [6.45, 7) is 3.00. The molecule has 1 N–H and O–H groups in total. The zero-order valence-electron chi connectivity index (χ0n) is 22.2. The summed E-state index contributed by atoms with van der Waals surface area (Å²) in [5, 5.41) is 3.51. The molecule has 3 fully saturated rings. The fourth-order valence-corrected chi connectivity index (χ4v) is 6.89. The van der Waals surface area contributed by atoms with Crippen molar-refractivity contribution >= 4 is 27.6 Å². The number of imidazole rings is 1. The Kier molecular flexibility index (Phi) is 7.47. The van der Waals surface area contributed by atoms with Crippen LogP contribution in [0.4, 0.5) is 19.1 Å². The lowest BCUT2D eigenvalue weighted by Crippen LogP contribution is -2.42. The molecule has 0 amide bonds. The largest absolute Gasteiger partial charge is 0.420 e. The van der Waals surface area contributed by atoms with E-state index in [9.17, 15) is 21.6 Å². The fraction of sp³-hybridized carbons (Fsp3) is 0.500. The van der Waals surface area contributed by atoms with E-state index in [4.69, 9.17) is 16.3 Å². The maximum Gasteiger partial charge on any atom is 0.420 e. The average molecular weight is 612 g/mol. The molecular weight excluding hydrogens is 583 g/mol. The molecule has 220 valence electrons. The van der Waals surface area contributed by atoms with Gasteiger partial charge in [0.15, 0.2) is 0 Å². The van der Waals surface area contributed by atoms with Crippen molar-refractivity contribution in [3.63, 3.8) is 0 Å². The zero-order valence-corrected chi connectivity index (χ0v) is 23.8. The van der Waals surface area contributed by atoms with Crippen LogP contribution in [0.2, 0.25) is 5.02 Å². The third-order valence-corrected chi connectivity index (χ3v) is 9.47. The number of hydrogen-bond donors (Lipinski definition) is 1. The van der Waals surface area contributed by atoms with Crippen LogP contribution in [0.1, 0.15) is 30.4 Å². The first-order valence-corrected chi connectivity index (χ1v) is 15.5. The van der Waals surface area contributed by atoms with Crippen molar-refractivity contribution in [1.29, 1.82) is 0 Å². The van der Waals surface area contributed by atoms with Crippen LogP contribution >= 0.6 is 11.6 Å². The van der Waals surface area contributed by atoms with Crippen molar-refractivity contribution < 1.29 is 26.3 Å². The number of hydrogen-bond acceptors (Lipinski definition) is 8. The SMILES string of the molecule is CS(=O)(=O)N1CCC(Nc2ncc(C(F)(F)F)c(-c3cn(-c4ccc(CN5CC6CC5CO6)cc4Cl)cn3)n2)CC1. The number of likely N-dealkylation sites (tertiary alicyclic amines) is 1. The number of morpholine rings is 1. The number of rotatable bonds is 7. The van der Waals surface area contributed by atoms with Gasteiger partial charge in [0.05, 0.1) is 29.7 Å². The van der Waals surface area contributed by atoms with E-state index in [1.807, 2.05) is 18.2 Å². The second-order valence-electron chi connectivity index (χ2n) is 10.8. The summed E-state index contributed by atoms with van der Waals surface area (Å²) < 4.78 is 73.9. The highest BCUT2D eigenvalue weighted by atomic mass is 35.5. The third kappa shape index (κ3) is 6.07. The molecule has 3 aromatic rings. The lowest BCUT2D eigenvalue weighted by atomic mass is 10.1. The minimum absolute atomic E-state index is 0.0166. The predicted octanol–water partition coefficient (Wildman–Crippen LogP) is 3.81. The van der Waals surface area contributed by atoms with Gasteiger partial charge < -0.3 is 14.6 Å². The quantitative estimate of drug-likeness (QED) is 0.430. The minimum atomic E-state index is -4.70. The lowest BCUT2D eigenvalue weighted by Gasteiger charge is -2.30. The normalized spacial score (nSPS) is 22.5. The molecule has 0 radical (unpaired) electrons. The molecular formula is C26H29ClF3N7O3S. The molecule has 2 aromatic heterocycles. The molecule has 0 aliphatic carbocycles. The standard InChI is InChI=1S/C26H29ClF3N7O3S/c1-41(38,39)37-6-4-17(5-7-37)33-25-31-10-20(26(28,29)30)24(34-25)22-13-36(15-32-22)23-3-2-16(8-21(23)27)11-35-12-19-9-18(35)14-40-19/h2-3,8,10,13,15,17-19H,4-7,9,11-12,14H2,1H3,(H,31,33,34). The average Bonchev–Trinajstić information content (AvgIpc) is 3.66. The molecule has 0 saturated carbocycles. The molecule has 41 heavy (non-hydrogen) atoms. The Bertz CT molecular complexity index is 1540. The Labute approximate surface area is 240 Å². The first-order chi connectivity index (χ1) is 19.4. The Balaban J connectivity index is 1.21. The fourth-order valence-electron chi connectivity index (χ4n) is 5.71. The van der Waals surface area contributed by atoms with Gasteiger partial charge in [0.1, 0.15) is 23.3 Å². The molecule has 1 aromatic carbocycles. The van der Waals surface area contributed by atoms with Crippen LogP contribution in [0, 0.1) is 0 Å². The topological polar surface area (TPSA) is 105 Å². The smallest absolute Gasteiger partial charge is 0.375 e. The molecule has 10 nitrogen and oxygen atoms in total. The number of alkyl halides is 3. The summed E-state index contributed by atoms with van der Waals surface area (Å²) in [6.07, 6.45) is 2.36. The highest BCUT2D eigenvalue weighted by Crippen LogP contribution is 2.36.